The Balaban J connectivity index is 1.72. The zero-order valence-electron chi connectivity index (χ0n) is 14.6. The number of carbonyl (C=O) groups excluding carboxylic acids is 1. The van der Waals surface area contributed by atoms with Gasteiger partial charge in [0.05, 0.1) is 5.69 Å². The van der Waals surface area contributed by atoms with Crippen molar-refractivity contribution in [3.8, 4) is 5.13 Å². The third-order valence-corrected chi connectivity index (χ3v) is 5.25. The molecule has 1 aromatic carbocycles. The highest BCUT2D eigenvalue weighted by Gasteiger charge is 2.19. The third kappa shape index (κ3) is 4.17. The second-order valence-electron chi connectivity index (χ2n) is 6.13. The van der Waals surface area contributed by atoms with Gasteiger partial charge in [0.25, 0.3) is 5.91 Å². The predicted molar refractivity (Wildman–Crippen MR) is 103 cm³/mol. The molecule has 0 unspecified atom stereocenters. The van der Waals surface area contributed by atoms with Crippen LogP contribution in [0.5, 0.6) is 0 Å². The molecule has 0 spiro atoms. The Morgan fingerprint density at radius 1 is 1.20 bits per heavy atom. The summed E-state index contributed by atoms with van der Waals surface area (Å²) in [6.45, 7) is 4.85. The van der Waals surface area contributed by atoms with Crippen LogP contribution < -0.4 is 5.32 Å². The quantitative estimate of drug-likeness (QED) is 0.683. The number of amides is 1. The Hall–Kier alpha value is -2.40. The molecule has 0 aliphatic carbocycles. The molecule has 2 aromatic heterocycles. The number of thiazole rings is 1. The summed E-state index contributed by atoms with van der Waals surface area (Å²) in [6, 6.07) is 14.2. The minimum atomic E-state index is -0.0258. The first-order chi connectivity index (χ1) is 12.2. The van der Waals surface area contributed by atoms with E-state index in [1.165, 1.54) is 16.9 Å². The summed E-state index contributed by atoms with van der Waals surface area (Å²) in [4.78, 5) is 18.1. The predicted octanol–water partition coefficient (Wildman–Crippen LogP) is 4.42. The summed E-state index contributed by atoms with van der Waals surface area (Å²) in [5.74, 6) is 0.249. The van der Waals surface area contributed by atoms with Gasteiger partial charge < -0.3 is 9.88 Å². The summed E-state index contributed by atoms with van der Waals surface area (Å²) in [6.07, 6.45) is 5.69. The first-order valence-electron chi connectivity index (χ1n) is 8.65. The van der Waals surface area contributed by atoms with Crippen molar-refractivity contribution in [2.45, 2.75) is 32.6 Å². The highest BCUT2D eigenvalue weighted by molar-refractivity contribution is 7.16. The molecule has 1 amide bonds. The van der Waals surface area contributed by atoms with Gasteiger partial charge in [-0.1, -0.05) is 61.9 Å². The third-order valence-electron chi connectivity index (χ3n) is 4.14. The molecule has 0 radical (unpaired) electrons. The Bertz CT molecular complexity index is 809. The van der Waals surface area contributed by atoms with Gasteiger partial charge in [-0.05, 0) is 30.0 Å². The summed E-state index contributed by atoms with van der Waals surface area (Å²) in [7, 11) is 0. The zero-order valence-corrected chi connectivity index (χ0v) is 15.4. The van der Waals surface area contributed by atoms with Gasteiger partial charge in [0.1, 0.15) is 4.88 Å². The maximum Gasteiger partial charge on any atom is 0.263 e. The molecule has 2 heterocycles. The fourth-order valence-corrected chi connectivity index (χ4v) is 3.72. The zero-order chi connectivity index (χ0) is 17.6. The van der Waals surface area contributed by atoms with Crippen molar-refractivity contribution in [2.75, 3.05) is 6.54 Å². The highest BCUT2D eigenvalue weighted by atomic mass is 32.1. The van der Waals surface area contributed by atoms with E-state index in [0.29, 0.717) is 6.54 Å². The maximum atomic E-state index is 12.7. The molecule has 4 nitrogen and oxygen atoms in total. The van der Waals surface area contributed by atoms with Crippen LogP contribution in [0.4, 0.5) is 0 Å². The molecular weight excluding hydrogens is 330 g/mol. The van der Waals surface area contributed by atoms with Crippen LogP contribution >= 0.6 is 11.3 Å². The Labute approximate surface area is 152 Å². The second-order valence-corrected chi connectivity index (χ2v) is 7.11. The van der Waals surface area contributed by atoms with Crippen molar-refractivity contribution in [1.29, 1.82) is 0 Å². The fourth-order valence-electron chi connectivity index (χ4n) is 2.72. The minimum absolute atomic E-state index is 0.0258. The van der Waals surface area contributed by atoms with Crippen molar-refractivity contribution < 1.29 is 4.79 Å². The van der Waals surface area contributed by atoms with Crippen molar-refractivity contribution in [2.24, 2.45) is 0 Å². The Kier molecular flexibility index (Phi) is 5.66. The van der Waals surface area contributed by atoms with Crippen molar-refractivity contribution in [3.63, 3.8) is 0 Å². The maximum absolute atomic E-state index is 12.7. The smallest absolute Gasteiger partial charge is 0.263 e. The van der Waals surface area contributed by atoms with Crippen LogP contribution in [0.3, 0.4) is 0 Å². The number of aryl methyl sites for hydroxylation is 1. The van der Waals surface area contributed by atoms with E-state index in [4.69, 9.17) is 0 Å². The normalized spacial score (nSPS) is 12.1. The van der Waals surface area contributed by atoms with Crippen molar-refractivity contribution >= 4 is 17.2 Å². The van der Waals surface area contributed by atoms with Gasteiger partial charge >= 0.3 is 0 Å². The summed E-state index contributed by atoms with van der Waals surface area (Å²) >= 11 is 1.45. The van der Waals surface area contributed by atoms with Gasteiger partial charge in [0, 0.05) is 18.9 Å². The largest absolute Gasteiger partial charge is 0.351 e. The van der Waals surface area contributed by atoms with E-state index in [1.54, 1.807) is 0 Å². The van der Waals surface area contributed by atoms with Gasteiger partial charge in [-0.3, -0.25) is 4.79 Å². The molecule has 0 aliphatic rings. The molecule has 130 valence electrons. The van der Waals surface area contributed by atoms with Crippen LogP contribution in [-0.2, 0) is 6.42 Å². The van der Waals surface area contributed by atoms with Gasteiger partial charge in [-0.25, -0.2) is 4.98 Å². The topological polar surface area (TPSA) is 46.9 Å². The van der Waals surface area contributed by atoms with Crippen LogP contribution in [0.1, 0.15) is 47.1 Å². The van der Waals surface area contributed by atoms with Gasteiger partial charge in [-0.2, -0.15) is 0 Å². The van der Waals surface area contributed by atoms with E-state index < -0.39 is 0 Å². The van der Waals surface area contributed by atoms with E-state index in [1.807, 2.05) is 47.3 Å². The lowest BCUT2D eigenvalue weighted by atomic mass is 10.0. The van der Waals surface area contributed by atoms with Crippen molar-refractivity contribution in [1.82, 2.24) is 14.9 Å². The molecule has 0 aliphatic heterocycles. The lowest BCUT2D eigenvalue weighted by molar-refractivity contribution is 0.0954. The second kappa shape index (κ2) is 8.12. The number of nitrogens with one attached hydrogen (secondary N) is 1. The number of rotatable bonds is 7. The monoisotopic (exact) mass is 353 g/mol. The lowest BCUT2D eigenvalue weighted by Gasteiger charge is -2.12. The average molecular weight is 353 g/mol. The van der Waals surface area contributed by atoms with Crippen LogP contribution in [0, 0.1) is 0 Å². The molecule has 1 N–H and O–H groups in total. The number of carbonyl (C=O) groups is 1. The first-order valence-corrected chi connectivity index (χ1v) is 9.47. The summed E-state index contributed by atoms with van der Waals surface area (Å²) in [5.41, 5.74) is 2.12. The molecule has 5 heteroatoms. The van der Waals surface area contributed by atoms with Crippen LogP contribution in [0.25, 0.3) is 5.13 Å². The molecule has 1 atom stereocenters. The summed E-state index contributed by atoms with van der Waals surface area (Å²) < 4.78 is 1.95. The number of hydrogen-bond acceptors (Lipinski definition) is 3. The van der Waals surface area contributed by atoms with E-state index in [0.717, 1.165) is 28.5 Å². The van der Waals surface area contributed by atoms with Crippen molar-refractivity contribution in [3.05, 3.63) is 71.0 Å². The molecule has 3 rings (SSSR count). The number of aromatic nitrogens is 2. The molecule has 0 bridgehead atoms. The SMILES string of the molecule is CCCc1nc(-n2cccc2)sc1C(=O)NC[C@@H](C)c1ccccc1. The Morgan fingerprint density at radius 3 is 2.60 bits per heavy atom. The Morgan fingerprint density at radius 2 is 1.92 bits per heavy atom. The van der Waals surface area contributed by atoms with Gasteiger partial charge in [0.2, 0.25) is 0 Å². The molecule has 3 aromatic rings. The highest BCUT2D eigenvalue weighted by Crippen LogP contribution is 2.24. The van der Waals surface area contributed by atoms with Crippen LogP contribution in [-0.4, -0.2) is 22.0 Å². The van der Waals surface area contributed by atoms with Crippen LogP contribution in [0.15, 0.2) is 54.9 Å². The number of nitrogens with zero attached hydrogens (tertiary/aromatic N) is 2. The molecular formula is C20H23N3OS. The van der Waals surface area contributed by atoms with E-state index in [-0.39, 0.29) is 11.8 Å². The van der Waals surface area contributed by atoms with Crippen LogP contribution in [0.2, 0.25) is 0 Å². The molecule has 25 heavy (non-hydrogen) atoms. The molecule has 0 fully saturated rings. The fraction of sp³-hybridized carbons (Fsp3) is 0.300. The lowest BCUT2D eigenvalue weighted by Crippen LogP contribution is -2.27. The van der Waals surface area contributed by atoms with E-state index in [2.05, 4.69) is 36.3 Å². The van der Waals surface area contributed by atoms with Gasteiger partial charge in [-0.15, -0.1) is 0 Å². The minimum Gasteiger partial charge on any atom is -0.351 e. The van der Waals surface area contributed by atoms with E-state index >= 15 is 0 Å². The molecule has 0 saturated carbocycles. The van der Waals surface area contributed by atoms with Gasteiger partial charge in [0.15, 0.2) is 5.13 Å². The van der Waals surface area contributed by atoms with E-state index in [9.17, 15) is 4.79 Å². The summed E-state index contributed by atoms with van der Waals surface area (Å²) in [5, 5.41) is 3.92. The average Bonchev–Trinajstić information content (AvgIpc) is 3.30. The number of hydrogen-bond donors (Lipinski definition) is 1. The standard InChI is InChI=1S/C20H23N3OS/c1-3-9-17-18(25-20(22-17)23-12-7-8-13-23)19(24)21-14-15(2)16-10-5-4-6-11-16/h4-8,10-13,15H,3,9,14H2,1-2H3,(H,21,24)/t15-/m1/s1. The molecule has 0 saturated heterocycles. The first kappa shape index (κ1) is 17.4. The number of benzene rings is 1.